The van der Waals surface area contributed by atoms with Gasteiger partial charge in [0, 0.05) is 55.3 Å². The monoisotopic (exact) mass is 687 g/mol. The summed E-state index contributed by atoms with van der Waals surface area (Å²) in [6.07, 6.45) is -0.476. The van der Waals surface area contributed by atoms with Crippen molar-refractivity contribution in [2.45, 2.75) is 35.6 Å². The Kier molecular flexibility index (Phi) is 12.8. The van der Waals surface area contributed by atoms with Crippen molar-refractivity contribution in [3.8, 4) is 5.75 Å². The van der Waals surface area contributed by atoms with Crippen LogP contribution in [0, 0.1) is 0 Å². The van der Waals surface area contributed by atoms with E-state index in [9.17, 15) is 14.7 Å². The van der Waals surface area contributed by atoms with Gasteiger partial charge in [-0.1, -0.05) is 84.4 Å². The molecular formula is C38H42ClN3O5S. The maximum Gasteiger partial charge on any atom is 0.346 e. The highest BCUT2D eigenvalue weighted by Gasteiger charge is 2.34. The van der Waals surface area contributed by atoms with Crippen LogP contribution in [0.4, 0.5) is 5.69 Å². The third-order valence-electron chi connectivity index (χ3n) is 8.42. The van der Waals surface area contributed by atoms with Gasteiger partial charge in [-0.3, -0.25) is 9.69 Å². The van der Waals surface area contributed by atoms with E-state index < -0.39 is 23.3 Å². The first-order valence-electron chi connectivity index (χ1n) is 16.1. The number of thioether (sulfide) groups is 1. The number of carbonyl (C=O) groups is 2. The highest BCUT2D eigenvalue weighted by atomic mass is 35.5. The Hall–Kier alpha value is -4.02. The number of carboxylic acids is 1. The summed E-state index contributed by atoms with van der Waals surface area (Å²) in [5.41, 5.74) is 4.12. The second-order valence-corrected chi connectivity index (χ2v) is 13.3. The van der Waals surface area contributed by atoms with Gasteiger partial charge in [-0.15, -0.1) is 11.8 Å². The molecule has 0 aliphatic carbocycles. The van der Waals surface area contributed by atoms with Crippen LogP contribution in [0.2, 0.25) is 5.02 Å². The summed E-state index contributed by atoms with van der Waals surface area (Å²) >= 11 is 7.73. The van der Waals surface area contributed by atoms with Crippen LogP contribution in [0.3, 0.4) is 0 Å². The summed E-state index contributed by atoms with van der Waals surface area (Å²) in [7, 11) is 1.57. The predicted molar refractivity (Wildman–Crippen MR) is 192 cm³/mol. The van der Waals surface area contributed by atoms with Gasteiger partial charge in [0.25, 0.3) is 0 Å². The summed E-state index contributed by atoms with van der Waals surface area (Å²) in [5, 5.41) is 13.4. The molecule has 1 heterocycles. The van der Waals surface area contributed by atoms with Crippen molar-refractivity contribution < 1.29 is 24.2 Å². The van der Waals surface area contributed by atoms with Crippen LogP contribution in [0.1, 0.15) is 41.3 Å². The smallest absolute Gasteiger partial charge is 0.346 e. The zero-order valence-corrected chi connectivity index (χ0v) is 28.8. The number of aliphatic carboxylic acids is 1. The molecule has 2 N–H and O–H groups in total. The van der Waals surface area contributed by atoms with E-state index in [1.807, 2.05) is 12.1 Å². The van der Waals surface area contributed by atoms with Gasteiger partial charge in [0.1, 0.15) is 5.75 Å². The van der Waals surface area contributed by atoms with E-state index in [1.165, 1.54) is 29.8 Å². The minimum atomic E-state index is -1.40. The number of benzene rings is 4. The average Bonchev–Trinajstić information content (AvgIpc) is 3.10. The van der Waals surface area contributed by atoms with Gasteiger partial charge < -0.3 is 24.8 Å². The Balaban J connectivity index is 1.21. The lowest BCUT2D eigenvalue weighted by Crippen LogP contribution is -2.48. The molecule has 48 heavy (non-hydrogen) atoms. The highest BCUT2D eigenvalue weighted by Crippen LogP contribution is 2.43. The molecule has 0 bridgehead atoms. The Bertz CT molecular complexity index is 1580. The molecule has 1 aliphatic rings. The first-order valence-corrected chi connectivity index (χ1v) is 17.4. The van der Waals surface area contributed by atoms with Gasteiger partial charge in [-0.25, -0.2) is 4.79 Å². The largest absolute Gasteiger partial charge is 0.497 e. The van der Waals surface area contributed by atoms with Crippen molar-refractivity contribution in [2.75, 3.05) is 51.7 Å². The maximum absolute atomic E-state index is 12.3. The highest BCUT2D eigenvalue weighted by molar-refractivity contribution is 7.99. The van der Waals surface area contributed by atoms with Crippen LogP contribution in [-0.2, 0) is 14.3 Å². The molecule has 0 spiro atoms. The van der Waals surface area contributed by atoms with Crippen LogP contribution in [0.5, 0.6) is 5.75 Å². The fourth-order valence-electron chi connectivity index (χ4n) is 6.05. The van der Waals surface area contributed by atoms with Crippen molar-refractivity contribution in [3.05, 3.63) is 125 Å². The van der Waals surface area contributed by atoms with E-state index in [1.54, 1.807) is 37.4 Å². The van der Waals surface area contributed by atoms with E-state index in [0.717, 1.165) is 49.7 Å². The first kappa shape index (κ1) is 35.3. The third-order valence-corrected chi connectivity index (χ3v) is 10.0. The summed E-state index contributed by atoms with van der Waals surface area (Å²) < 4.78 is 10.6. The summed E-state index contributed by atoms with van der Waals surface area (Å²) in [5.74, 6) is -1.24. The molecule has 252 valence electrons. The van der Waals surface area contributed by atoms with Crippen molar-refractivity contribution in [1.82, 2.24) is 9.80 Å². The second kappa shape index (κ2) is 17.4. The Morgan fingerprint density at radius 1 is 0.875 bits per heavy atom. The molecule has 4 aromatic carbocycles. The molecule has 1 aliphatic heterocycles. The standard InChI is InChI=1S/C38H42ClN3O5S/c1-27(43)47-36(38(44)45)37(30-14-17-32(46-2)18-15-30)48-34-19-16-31(39)26-33(34)40-20-9-21-41-22-24-42(25-23-41)35(28-10-5-3-6-11-28)29-12-7-4-8-13-29/h3-8,10-19,26,35-37,40H,9,20-25H2,1-2H3,(H,44,45). The number of ether oxygens (including phenoxy) is 2. The molecule has 0 aromatic heterocycles. The molecule has 2 unspecified atom stereocenters. The minimum Gasteiger partial charge on any atom is -0.497 e. The summed E-state index contributed by atoms with van der Waals surface area (Å²) in [6.45, 7) is 6.83. The predicted octanol–water partition coefficient (Wildman–Crippen LogP) is 7.41. The van der Waals surface area contributed by atoms with Gasteiger partial charge in [-0.05, 0) is 60.0 Å². The topological polar surface area (TPSA) is 91.3 Å². The number of esters is 1. The molecule has 0 amide bonds. The fraction of sp³-hybridized carbons (Fsp3) is 0.316. The quantitative estimate of drug-likeness (QED) is 0.0753. The van der Waals surface area contributed by atoms with Crippen molar-refractivity contribution in [3.63, 3.8) is 0 Å². The number of rotatable bonds is 15. The second-order valence-electron chi connectivity index (χ2n) is 11.7. The number of nitrogens with zero attached hydrogens (tertiary/aromatic N) is 2. The van der Waals surface area contributed by atoms with E-state index in [-0.39, 0.29) is 6.04 Å². The molecule has 1 saturated heterocycles. The number of anilines is 1. The first-order chi connectivity index (χ1) is 23.3. The summed E-state index contributed by atoms with van der Waals surface area (Å²) in [4.78, 5) is 30.1. The number of nitrogens with one attached hydrogen (secondary N) is 1. The molecule has 4 aromatic rings. The normalized spacial score (nSPS) is 15.1. The number of hydrogen-bond donors (Lipinski definition) is 2. The van der Waals surface area contributed by atoms with Gasteiger partial charge in [0.15, 0.2) is 0 Å². The average molecular weight is 688 g/mol. The lowest BCUT2D eigenvalue weighted by Gasteiger charge is -2.40. The molecule has 0 radical (unpaired) electrons. The van der Waals surface area contributed by atoms with Crippen LogP contribution in [0.15, 0.2) is 108 Å². The Morgan fingerprint density at radius 3 is 2.06 bits per heavy atom. The molecule has 2 atom stereocenters. The zero-order valence-electron chi connectivity index (χ0n) is 27.3. The van der Waals surface area contributed by atoms with E-state index >= 15 is 0 Å². The number of methoxy groups -OCH3 is 1. The van der Waals surface area contributed by atoms with Crippen LogP contribution >= 0.6 is 23.4 Å². The van der Waals surface area contributed by atoms with Gasteiger partial charge >= 0.3 is 11.9 Å². The molecule has 0 saturated carbocycles. The number of carbonyl (C=O) groups excluding carboxylic acids is 1. The third kappa shape index (κ3) is 9.54. The SMILES string of the molecule is COc1ccc(C(Sc2ccc(Cl)cc2NCCCN2CCN(C(c3ccccc3)c3ccccc3)CC2)C(OC(C)=O)C(=O)O)cc1. The van der Waals surface area contributed by atoms with Crippen molar-refractivity contribution in [1.29, 1.82) is 0 Å². The van der Waals surface area contributed by atoms with Gasteiger partial charge in [-0.2, -0.15) is 0 Å². The number of hydrogen-bond acceptors (Lipinski definition) is 8. The van der Waals surface area contributed by atoms with Crippen LogP contribution in [0.25, 0.3) is 0 Å². The van der Waals surface area contributed by atoms with Gasteiger partial charge in [0.05, 0.1) is 18.4 Å². The lowest BCUT2D eigenvalue weighted by molar-refractivity contribution is -0.162. The molecule has 1 fully saturated rings. The van der Waals surface area contributed by atoms with Crippen LogP contribution in [-0.4, -0.2) is 79.3 Å². The number of piperazine rings is 1. The summed E-state index contributed by atoms with van der Waals surface area (Å²) in [6, 6.07) is 34.3. The zero-order chi connectivity index (χ0) is 33.9. The molecule has 10 heteroatoms. The van der Waals surface area contributed by atoms with E-state index in [4.69, 9.17) is 21.1 Å². The Morgan fingerprint density at radius 2 is 1.50 bits per heavy atom. The van der Waals surface area contributed by atoms with E-state index in [0.29, 0.717) is 22.9 Å². The maximum atomic E-state index is 12.3. The molecule has 5 rings (SSSR count). The molecular weight excluding hydrogens is 646 g/mol. The van der Waals surface area contributed by atoms with Crippen molar-refractivity contribution >= 4 is 41.0 Å². The Labute approximate surface area is 292 Å². The van der Waals surface area contributed by atoms with Crippen molar-refractivity contribution in [2.24, 2.45) is 0 Å². The van der Waals surface area contributed by atoms with E-state index in [2.05, 4.69) is 75.8 Å². The molecule has 8 nitrogen and oxygen atoms in total. The number of carboxylic acid groups (broad SMARTS) is 1. The van der Waals surface area contributed by atoms with Gasteiger partial charge in [0.2, 0.25) is 6.10 Å². The minimum absolute atomic E-state index is 0.235. The number of halogens is 1. The lowest BCUT2D eigenvalue weighted by atomic mass is 9.96. The van der Waals surface area contributed by atoms with Crippen LogP contribution < -0.4 is 10.1 Å². The fourth-order valence-corrected chi connectivity index (χ4v) is 7.49.